The molecule has 0 fully saturated rings. The van der Waals surface area contributed by atoms with E-state index in [0.717, 1.165) is 5.56 Å². The van der Waals surface area contributed by atoms with Gasteiger partial charge in [0.05, 0.1) is 33.9 Å². The van der Waals surface area contributed by atoms with E-state index in [2.05, 4.69) is 4.98 Å². The number of para-hydroxylation sites is 1. The van der Waals surface area contributed by atoms with Crippen LogP contribution in [-0.2, 0) is 11.3 Å². The number of H-pyrrole nitrogens is 1. The molecule has 0 bridgehead atoms. The van der Waals surface area contributed by atoms with Crippen molar-refractivity contribution in [1.82, 2.24) is 4.90 Å². The molecule has 0 spiro atoms. The van der Waals surface area contributed by atoms with Gasteiger partial charge in [0, 0.05) is 28.2 Å². The van der Waals surface area contributed by atoms with E-state index in [1.807, 2.05) is 6.07 Å². The first kappa shape index (κ1) is 23.9. The Balaban J connectivity index is 1.66. The third kappa shape index (κ3) is 4.14. The Kier molecular flexibility index (Phi) is 6.27. The van der Waals surface area contributed by atoms with Crippen LogP contribution in [0, 0.1) is 0 Å². The number of pyridine rings is 1. The molecule has 1 atom stereocenters. The summed E-state index contributed by atoms with van der Waals surface area (Å²) in [6.07, 6.45) is 3.46. The summed E-state index contributed by atoms with van der Waals surface area (Å²) < 4.78 is 22.1. The lowest BCUT2D eigenvalue weighted by Crippen LogP contribution is -2.32. The molecule has 5 rings (SSSR count). The highest BCUT2D eigenvalue weighted by molar-refractivity contribution is 6.16. The van der Waals surface area contributed by atoms with Crippen LogP contribution < -0.4 is 24.3 Å². The molecule has 1 aliphatic rings. The first-order valence-corrected chi connectivity index (χ1v) is 11.5. The first-order valence-electron chi connectivity index (χ1n) is 11.5. The van der Waals surface area contributed by atoms with Gasteiger partial charge >= 0.3 is 0 Å². The summed E-state index contributed by atoms with van der Waals surface area (Å²) in [7, 11) is 4.48. The average molecular weight is 501 g/mol. The maximum atomic E-state index is 13.9. The lowest BCUT2D eigenvalue weighted by atomic mass is 9.93. The number of methoxy groups -OCH3 is 3. The highest BCUT2D eigenvalue weighted by Gasteiger charge is 2.42. The van der Waals surface area contributed by atoms with Crippen molar-refractivity contribution in [2.45, 2.75) is 12.6 Å². The minimum atomic E-state index is -1.03. The number of fused-ring (bicyclic) bond motifs is 1. The van der Waals surface area contributed by atoms with E-state index >= 15 is 0 Å². The number of nitrogens with one attached hydrogen (secondary N) is 1. The molecule has 1 amide bonds. The van der Waals surface area contributed by atoms with Crippen LogP contribution in [0.1, 0.15) is 27.7 Å². The molecular weight excluding hydrogens is 476 g/mol. The minimum Gasteiger partial charge on any atom is -0.868 e. The number of rotatable bonds is 8. The summed E-state index contributed by atoms with van der Waals surface area (Å²) in [5.41, 5.74) is 1.34. The van der Waals surface area contributed by atoms with E-state index in [-0.39, 0.29) is 17.9 Å². The quantitative estimate of drug-likeness (QED) is 0.342. The fourth-order valence-corrected chi connectivity index (χ4v) is 4.58. The van der Waals surface area contributed by atoms with Crippen LogP contribution in [0.2, 0.25) is 0 Å². The minimum absolute atomic E-state index is 0.0718. The van der Waals surface area contributed by atoms with Crippen molar-refractivity contribution in [3.05, 3.63) is 95.2 Å². The lowest BCUT2D eigenvalue weighted by molar-refractivity contribution is -0.378. The summed E-state index contributed by atoms with van der Waals surface area (Å²) in [4.78, 5) is 31.5. The molecule has 0 saturated heterocycles. The number of aromatic nitrogens is 1. The molecule has 37 heavy (non-hydrogen) atoms. The summed E-state index contributed by atoms with van der Waals surface area (Å²) in [6.45, 7) is 0.0810. The second-order valence-electron chi connectivity index (χ2n) is 8.42. The molecule has 0 aliphatic carbocycles. The summed E-state index contributed by atoms with van der Waals surface area (Å²) in [5, 5.41) is 14.0. The molecule has 2 aromatic heterocycles. The van der Waals surface area contributed by atoms with E-state index in [9.17, 15) is 14.7 Å². The molecule has 1 unspecified atom stereocenters. The van der Waals surface area contributed by atoms with Crippen LogP contribution in [0.15, 0.2) is 82.7 Å². The van der Waals surface area contributed by atoms with Gasteiger partial charge in [-0.1, -0.05) is 12.1 Å². The number of nitrogens with zero attached hydrogens (tertiary/aromatic N) is 1. The van der Waals surface area contributed by atoms with E-state index in [0.29, 0.717) is 33.8 Å². The molecule has 2 aromatic carbocycles. The number of furan rings is 1. The van der Waals surface area contributed by atoms with Crippen LogP contribution in [0.3, 0.4) is 0 Å². The summed E-state index contributed by atoms with van der Waals surface area (Å²) >= 11 is 0. The Morgan fingerprint density at radius 3 is 2.54 bits per heavy atom. The molecule has 3 heterocycles. The largest absolute Gasteiger partial charge is 0.868 e. The molecule has 9 nitrogen and oxygen atoms in total. The zero-order valence-electron chi connectivity index (χ0n) is 20.4. The van der Waals surface area contributed by atoms with Crippen molar-refractivity contribution < 1.29 is 38.3 Å². The SMILES string of the molecule is COc1ccc(OC)c(C2C(C(=O)c3cc4cccc(OC)c4o3)=C([O-])C(=O)N2Cc2ccc[nH+]c2)c1. The van der Waals surface area contributed by atoms with Crippen LogP contribution >= 0.6 is 0 Å². The predicted octanol–water partition coefficient (Wildman–Crippen LogP) is 2.85. The van der Waals surface area contributed by atoms with Gasteiger partial charge in [0.15, 0.2) is 29.5 Å². The molecule has 1 aliphatic heterocycles. The second kappa shape index (κ2) is 9.69. The van der Waals surface area contributed by atoms with Gasteiger partial charge in [-0.2, -0.15) is 0 Å². The molecule has 9 heteroatoms. The maximum absolute atomic E-state index is 13.9. The highest BCUT2D eigenvalue weighted by Crippen LogP contribution is 2.44. The highest BCUT2D eigenvalue weighted by atomic mass is 16.5. The van der Waals surface area contributed by atoms with Crippen LogP contribution in [-0.4, -0.2) is 37.9 Å². The Morgan fingerprint density at radius 1 is 1.03 bits per heavy atom. The van der Waals surface area contributed by atoms with Crippen LogP contribution in [0.5, 0.6) is 17.2 Å². The van der Waals surface area contributed by atoms with Crippen molar-refractivity contribution in [3.8, 4) is 17.2 Å². The van der Waals surface area contributed by atoms with Crippen molar-refractivity contribution in [2.24, 2.45) is 0 Å². The van der Waals surface area contributed by atoms with Gasteiger partial charge in [0.25, 0.3) is 0 Å². The number of ketones is 1. The van der Waals surface area contributed by atoms with Gasteiger partial charge in [0.1, 0.15) is 11.5 Å². The Bertz CT molecular complexity index is 1520. The van der Waals surface area contributed by atoms with E-state index in [4.69, 9.17) is 18.6 Å². The van der Waals surface area contributed by atoms with E-state index < -0.39 is 23.5 Å². The first-order chi connectivity index (χ1) is 18.0. The van der Waals surface area contributed by atoms with Gasteiger partial charge in [-0.05, 0) is 42.2 Å². The summed E-state index contributed by atoms with van der Waals surface area (Å²) in [6, 6.07) is 14.4. The van der Waals surface area contributed by atoms with Gasteiger partial charge in [-0.3, -0.25) is 9.59 Å². The van der Waals surface area contributed by atoms with Crippen molar-refractivity contribution >= 4 is 22.7 Å². The summed E-state index contributed by atoms with van der Waals surface area (Å²) in [5.74, 6) is -1.12. The number of aromatic amines is 1. The van der Waals surface area contributed by atoms with Gasteiger partial charge in [0.2, 0.25) is 11.7 Å². The van der Waals surface area contributed by atoms with Crippen molar-refractivity contribution in [2.75, 3.05) is 21.3 Å². The third-order valence-corrected chi connectivity index (χ3v) is 6.34. The van der Waals surface area contributed by atoms with Crippen LogP contribution in [0.4, 0.5) is 0 Å². The van der Waals surface area contributed by atoms with Crippen molar-refractivity contribution in [1.29, 1.82) is 0 Å². The fraction of sp³-hybridized carbons (Fsp3) is 0.179. The van der Waals surface area contributed by atoms with Gasteiger partial charge in [-0.15, -0.1) is 0 Å². The number of carbonyl (C=O) groups excluding carboxylic acids is 2. The third-order valence-electron chi connectivity index (χ3n) is 6.34. The van der Waals surface area contributed by atoms with E-state index in [1.54, 1.807) is 60.9 Å². The maximum Gasteiger partial charge on any atom is 0.240 e. The average Bonchev–Trinajstić information content (AvgIpc) is 3.48. The van der Waals surface area contributed by atoms with E-state index in [1.165, 1.54) is 26.2 Å². The second-order valence-corrected chi connectivity index (χ2v) is 8.42. The zero-order valence-corrected chi connectivity index (χ0v) is 20.4. The standard InChI is InChI=1S/C28H24N2O7/c1-34-18-9-10-20(35-2)19(13-18)24-23(26(32)28(33)30(24)15-16-6-5-11-29-14-16)25(31)22-12-17-7-4-8-21(36-3)27(17)37-22/h4-14,24,32H,15H2,1-3H3. The fourth-order valence-electron chi connectivity index (χ4n) is 4.58. The zero-order chi connectivity index (χ0) is 26.1. The molecule has 1 N–H and O–H groups in total. The number of hydrogen-bond acceptors (Lipinski definition) is 7. The normalized spacial score (nSPS) is 15.4. The van der Waals surface area contributed by atoms with Gasteiger partial charge < -0.3 is 28.6 Å². The smallest absolute Gasteiger partial charge is 0.240 e. The number of amides is 1. The molecule has 188 valence electrons. The number of benzene rings is 2. The lowest BCUT2D eigenvalue weighted by Gasteiger charge is -2.28. The Labute approximate surface area is 212 Å². The van der Waals surface area contributed by atoms with Gasteiger partial charge in [-0.25, -0.2) is 4.98 Å². The number of carbonyl (C=O) groups is 2. The molecule has 4 aromatic rings. The molecule has 0 radical (unpaired) electrons. The molecule has 0 saturated carbocycles. The number of hydrogen-bond donors (Lipinski definition) is 0. The monoisotopic (exact) mass is 500 g/mol. The Hall–Kier alpha value is -4.79. The Morgan fingerprint density at radius 2 is 1.84 bits per heavy atom. The topological polar surface area (TPSA) is 115 Å². The number of Topliss-reactive ketones (excluding diaryl/α,β-unsaturated/α-hetero) is 1. The predicted molar refractivity (Wildman–Crippen MR) is 130 cm³/mol. The van der Waals surface area contributed by atoms with Crippen molar-refractivity contribution in [3.63, 3.8) is 0 Å². The van der Waals surface area contributed by atoms with Crippen LogP contribution in [0.25, 0.3) is 11.0 Å². The molecular formula is C28H24N2O7. The number of ether oxygens (including phenoxy) is 3.